The van der Waals surface area contributed by atoms with Crippen LogP contribution in [0.2, 0.25) is 0 Å². The maximum Gasteiger partial charge on any atom is 0.227 e. The highest BCUT2D eigenvalue weighted by molar-refractivity contribution is 5.83. The van der Waals surface area contributed by atoms with Gasteiger partial charge in [-0.3, -0.25) is 14.3 Å². The van der Waals surface area contributed by atoms with Crippen molar-refractivity contribution < 1.29 is 9.59 Å². The molecule has 0 atom stereocenters. The zero-order valence-electron chi connectivity index (χ0n) is 20.3. The van der Waals surface area contributed by atoms with Gasteiger partial charge in [-0.2, -0.15) is 5.10 Å². The molecule has 2 aromatic carbocycles. The van der Waals surface area contributed by atoms with Crippen LogP contribution in [0.3, 0.4) is 0 Å². The number of aromatic nitrogens is 2. The van der Waals surface area contributed by atoms with Gasteiger partial charge >= 0.3 is 0 Å². The van der Waals surface area contributed by atoms with E-state index in [2.05, 4.69) is 46.8 Å². The van der Waals surface area contributed by atoms with Crippen LogP contribution < -0.4 is 5.32 Å². The summed E-state index contributed by atoms with van der Waals surface area (Å²) in [6, 6.07) is 18.6. The minimum atomic E-state index is -0.379. The van der Waals surface area contributed by atoms with Crippen molar-refractivity contribution in [3.63, 3.8) is 0 Å². The zero-order chi connectivity index (χ0) is 24.1. The van der Waals surface area contributed by atoms with Crippen LogP contribution in [0.5, 0.6) is 0 Å². The topological polar surface area (TPSA) is 67.2 Å². The van der Waals surface area contributed by atoms with E-state index in [1.807, 2.05) is 54.7 Å². The van der Waals surface area contributed by atoms with Crippen LogP contribution in [-0.4, -0.2) is 39.6 Å². The van der Waals surface area contributed by atoms with E-state index in [1.165, 1.54) is 5.56 Å². The number of nitrogens with one attached hydrogen (secondary N) is 1. The third-order valence-electron chi connectivity index (χ3n) is 6.43. The van der Waals surface area contributed by atoms with Crippen molar-refractivity contribution in [2.75, 3.05) is 13.1 Å². The van der Waals surface area contributed by atoms with Gasteiger partial charge in [0.25, 0.3) is 0 Å². The Morgan fingerprint density at radius 3 is 2.35 bits per heavy atom. The van der Waals surface area contributed by atoms with Crippen molar-refractivity contribution >= 4 is 11.8 Å². The molecule has 6 heteroatoms. The Hall–Kier alpha value is -3.41. The monoisotopic (exact) mass is 458 g/mol. The first kappa shape index (κ1) is 23.7. The highest BCUT2D eigenvalue weighted by atomic mass is 16.2. The van der Waals surface area contributed by atoms with Gasteiger partial charge in [-0.1, -0.05) is 69.3 Å². The molecule has 1 fully saturated rings. The van der Waals surface area contributed by atoms with Crippen molar-refractivity contribution in [2.45, 2.75) is 46.7 Å². The van der Waals surface area contributed by atoms with Gasteiger partial charge in [0.05, 0.1) is 6.54 Å². The smallest absolute Gasteiger partial charge is 0.227 e. The Bertz CT molecular complexity index is 1110. The largest absolute Gasteiger partial charge is 0.352 e. The lowest BCUT2D eigenvalue weighted by Gasteiger charge is -2.35. The molecule has 1 saturated heterocycles. The van der Waals surface area contributed by atoms with E-state index in [0.717, 1.165) is 23.2 Å². The van der Waals surface area contributed by atoms with Crippen molar-refractivity contribution in [3.05, 3.63) is 78.1 Å². The first-order valence-electron chi connectivity index (χ1n) is 12.0. The lowest BCUT2D eigenvalue weighted by atomic mass is 9.90. The molecule has 0 bridgehead atoms. The number of rotatable bonds is 6. The predicted octanol–water partition coefficient (Wildman–Crippen LogP) is 4.50. The Kier molecular flexibility index (Phi) is 7.15. The summed E-state index contributed by atoms with van der Waals surface area (Å²) < 4.78 is 1.90. The molecule has 3 aromatic rings. The van der Waals surface area contributed by atoms with E-state index in [9.17, 15) is 9.59 Å². The minimum Gasteiger partial charge on any atom is -0.352 e. The number of likely N-dealkylation sites (tertiary alicyclic amines) is 1. The van der Waals surface area contributed by atoms with Crippen LogP contribution in [0.15, 0.2) is 67.0 Å². The van der Waals surface area contributed by atoms with E-state index in [-0.39, 0.29) is 23.1 Å². The number of carbonyl (C=O) groups is 2. The van der Waals surface area contributed by atoms with E-state index >= 15 is 0 Å². The molecule has 178 valence electrons. The molecule has 0 aliphatic carbocycles. The van der Waals surface area contributed by atoms with Gasteiger partial charge in [0.1, 0.15) is 0 Å². The van der Waals surface area contributed by atoms with Crippen LogP contribution in [0, 0.1) is 11.3 Å². The van der Waals surface area contributed by atoms with Gasteiger partial charge in [-0.25, -0.2) is 0 Å². The maximum absolute atomic E-state index is 12.9. The summed E-state index contributed by atoms with van der Waals surface area (Å²) in [4.78, 5) is 27.3. The van der Waals surface area contributed by atoms with Crippen LogP contribution >= 0.6 is 0 Å². The molecule has 6 nitrogen and oxygen atoms in total. The molecule has 2 heterocycles. The number of benzene rings is 2. The summed E-state index contributed by atoms with van der Waals surface area (Å²) in [5.74, 6) is 0.195. The first-order valence-corrected chi connectivity index (χ1v) is 12.0. The maximum atomic E-state index is 12.9. The van der Waals surface area contributed by atoms with Gasteiger partial charge < -0.3 is 10.2 Å². The molecule has 0 radical (unpaired) electrons. The van der Waals surface area contributed by atoms with Crippen LogP contribution in [-0.2, 0) is 22.7 Å². The number of carbonyl (C=O) groups excluding carboxylic acids is 2. The van der Waals surface area contributed by atoms with E-state index < -0.39 is 0 Å². The molecule has 0 saturated carbocycles. The van der Waals surface area contributed by atoms with Crippen molar-refractivity contribution in [2.24, 2.45) is 11.3 Å². The van der Waals surface area contributed by atoms with Gasteiger partial charge in [-0.05, 0) is 41.2 Å². The third-order valence-corrected chi connectivity index (χ3v) is 6.43. The summed E-state index contributed by atoms with van der Waals surface area (Å²) >= 11 is 0. The van der Waals surface area contributed by atoms with Crippen LogP contribution in [0.25, 0.3) is 11.1 Å². The van der Waals surface area contributed by atoms with E-state index in [1.54, 1.807) is 6.20 Å². The molecule has 2 amide bonds. The van der Waals surface area contributed by atoms with Crippen molar-refractivity contribution in [3.8, 4) is 11.1 Å². The molecule has 34 heavy (non-hydrogen) atoms. The minimum absolute atomic E-state index is 0.0437. The fourth-order valence-electron chi connectivity index (χ4n) is 4.47. The standard InChI is InChI=1S/C28H34N4O2/c1-28(2,3)27(34)31-17-13-23(14-18-31)26(33)29-19-24-7-4-5-8-25(24)22-11-9-21(10-12-22)20-32-16-6-15-30-32/h4-12,15-16,23H,13-14,17-20H2,1-3H3,(H,29,33). The quantitative estimate of drug-likeness (QED) is 0.591. The second-order valence-corrected chi connectivity index (χ2v) is 10.1. The van der Waals surface area contributed by atoms with E-state index in [4.69, 9.17) is 0 Å². The van der Waals surface area contributed by atoms with Crippen molar-refractivity contribution in [1.82, 2.24) is 20.0 Å². The fraction of sp³-hybridized carbons (Fsp3) is 0.393. The number of hydrogen-bond donors (Lipinski definition) is 1. The fourth-order valence-corrected chi connectivity index (χ4v) is 4.47. The Labute approximate surface area is 202 Å². The summed E-state index contributed by atoms with van der Waals surface area (Å²) in [5.41, 5.74) is 4.16. The van der Waals surface area contributed by atoms with Gasteiger partial charge in [0, 0.05) is 43.4 Å². The van der Waals surface area contributed by atoms with Crippen molar-refractivity contribution in [1.29, 1.82) is 0 Å². The number of nitrogens with zero attached hydrogens (tertiary/aromatic N) is 3. The van der Waals surface area contributed by atoms with Crippen LogP contribution in [0.4, 0.5) is 0 Å². The lowest BCUT2D eigenvalue weighted by Crippen LogP contribution is -2.46. The van der Waals surface area contributed by atoms with Crippen LogP contribution in [0.1, 0.15) is 44.7 Å². The van der Waals surface area contributed by atoms with Gasteiger partial charge in [-0.15, -0.1) is 0 Å². The summed E-state index contributed by atoms with van der Waals surface area (Å²) in [5, 5.41) is 7.41. The number of piperidine rings is 1. The highest BCUT2D eigenvalue weighted by Gasteiger charge is 2.32. The second kappa shape index (κ2) is 10.2. The number of amides is 2. The average molecular weight is 459 g/mol. The molecular weight excluding hydrogens is 424 g/mol. The van der Waals surface area contributed by atoms with Gasteiger partial charge in [0.15, 0.2) is 0 Å². The Balaban J connectivity index is 1.35. The summed E-state index contributed by atoms with van der Waals surface area (Å²) in [7, 11) is 0. The zero-order valence-corrected chi connectivity index (χ0v) is 20.3. The molecule has 0 unspecified atom stereocenters. The van der Waals surface area contributed by atoms with E-state index in [0.29, 0.717) is 32.5 Å². The molecular formula is C28H34N4O2. The molecule has 0 spiro atoms. The highest BCUT2D eigenvalue weighted by Crippen LogP contribution is 2.26. The number of hydrogen-bond acceptors (Lipinski definition) is 3. The SMILES string of the molecule is CC(C)(C)C(=O)N1CCC(C(=O)NCc2ccccc2-c2ccc(Cn3cccn3)cc2)CC1. The third kappa shape index (κ3) is 5.74. The summed E-state index contributed by atoms with van der Waals surface area (Å²) in [6.07, 6.45) is 5.17. The van der Waals surface area contributed by atoms with Gasteiger partial charge in [0.2, 0.25) is 11.8 Å². The molecule has 1 aliphatic heterocycles. The molecule has 1 aliphatic rings. The first-order chi connectivity index (χ1) is 16.3. The Morgan fingerprint density at radius 1 is 1.00 bits per heavy atom. The molecule has 1 N–H and O–H groups in total. The second-order valence-electron chi connectivity index (χ2n) is 10.1. The molecule has 4 rings (SSSR count). The normalized spacial score (nSPS) is 14.7. The summed E-state index contributed by atoms with van der Waals surface area (Å²) in [6.45, 7) is 8.36. The average Bonchev–Trinajstić information content (AvgIpc) is 3.35. The lowest BCUT2D eigenvalue weighted by molar-refractivity contribution is -0.142. The predicted molar refractivity (Wildman–Crippen MR) is 134 cm³/mol. The molecule has 1 aromatic heterocycles. The Morgan fingerprint density at radius 2 is 1.71 bits per heavy atom.